The molecule has 7 fully saturated rings. The number of allylic oxidation sites excluding steroid dienone is 1. The zero-order chi connectivity index (χ0) is 103. The van der Waals surface area contributed by atoms with Gasteiger partial charge < -0.3 is 215 Å². The maximum Gasteiger partial charge on any atom is 0.364 e. The highest BCUT2D eigenvalue weighted by atomic mass is 16.8. The summed E-state index contributed by atoms with van der Waals surface area (Å²) in [6.45, 7) is -3.99. The molecule has 0 aromatic heterocycles. The number of aliphatic hydroxyl groups excluding tert-OH is 22. The Labute approximate surface area is 811 Å². The summed E-state index contributed by atoms with van der Waals surface area (Å²) < 4.78 is 85.7. The molecule has 7 aliphatic rings. The second-order valence-corrected chi connectivity index (χ2v) is 37.1. The normalized spacial score (nSPS) is 36.2. The third-order valence-electron chi connectivity index (χ3n) is 26.2. The van der Waals surface area contributed by atoms with Crippen molar-refractivity contribution in [3.63, 3.8) is 0 Å². The molecule has 812 valence electrons. The number of nitrogens with one attached hydrogen (secondary N) is 5. The van der Waals surface area contributed by atoms with Gasteiger partial charge in [0.1, 0.15) is 165 Å². The molecule has 5 amide bonds. The van der Waals surface area contributed by atoms with Gasteiger partial charge in [0.05, 0.1) is 89.3 Å². The number of hydrogen-bond acceptors (Lipinski definition) is 43. The summed E-state index contributed by atoms with van der Waals surface area (Å²) in [6.07, 6.45) is -47.1. The molecule has 50 nitrogen and oxygen atoms in total. The number of carboxylic acid groups (broad SMARTS) is 2. The molecular formula is C90H157N5O45. The topological polar surface area (TPSA) is 794 Å². The Bertz CT molecular complexity index is 3660. The van der Waals surface area contributed by atoms with E-state index in [0.717, 1.165) is 91.4 Å². The lowest BCUT2D eigenvalue weighted by atomic mass is 9.88. The average molecular weight is 2030 g/mol. The van der Waals surface area contributed by atoms with Gasteiger partial charge in [-0.05, 0) is 19.3 Å². The molecule has 39 atom stereocenters. The number of carbonyl (C=O) groups is 7. The summed E-state index contributed by atoms with van der Waals surface area (Å²) in [4.78, 5) is 94.0. The highest BCUT2D eigenvalue weighted by Crippen LogP contribution is 2.44. The van der Waals surface area contributed by atoms with E-state index < -0.39 is 352 Å². The van der Waals surface area contributed by atoms with Crippen LogP contribution in [0.1, 0.15) is 214 Å². The Morgan fingerprint density at radius 2 is 0.743 bits per heavy atom. The Balaban J connectivity index is 1.25. The van der Waals surface area contributed by atoms with Gasteiger partial charge in [0.15, 0.2) is 31.5 Å². The van der Waals surface area contributed by atoms with Crippen LogP contribution in [0.15, 0.2) is 12.2 Å². The fraction of sp³-hybridized carbons (Fsp3) is 0.900. The second-order valence-electron chi connectivity index (χ2n) is 37.1. The minimum Gasteiger partial charge on any atom is -0.477 e. The van der Waals surface area contributed by atoms with Crippen LogP contribution in [0.25, 0.3) is 0 Å². The molecule has 7 saturated heterocycles. The summed E-state index contributed by atoms with van der Waals surface area (Å²) in [7, 11) is 0. The van der Waals surface area contributed by atoms with E-state index in [2.05, 4.69) is 40.4 Å². The zero-order valence-corrected chi connectivity index (χ0v) is 80.0. The molecule has 0 aromatic rings. The molecule has 0 aromatic carbocycles. The number of carbonyl (C=O) groups excluding carboxylic acids is 5. The molecule has 0 spiro atoms. The van der Waals surface area contributed by atoms with Gasteiger partial charge in [-0.2, -0.15) is 0 Å². The molecule has 7 rings (SSSR count). The van der Waals surface area contributed by atoms with Gasteiger partial charge in [-0.25, -0.2) is 9.59 Å². The number of ether oxygens (including phenoxy) is 14. The Hall–Kier alpha value is -5.41. The standard InChI is InChI=1S/C90H157N5O45/c1-6-8-10-12-14-16-18-20-22-24-26-28-30-32-49(107)48(94-59(112)33-31-29-27-25-23-21-19-17-15-13-11-9-7-2)44-127-84-71(120)70(119)74(56(40-100)130-84)133-85-72(121)80(139-89(87(123)124)34-50(108)61(91-45(3)104)78(137-89)65(114)52(110)36-96)76(58(42-102)131-85)135-83-64(93-47(5)106)77(68(117)55(39-99)129-83)136-86-73(122)81(75(57(41-101)132-86)134-82-63(92-46(4)105)69(118)67(116)54(38-98)128-82)140-90(88(125)126)35-51(109)62(95-60(113)43-103)79(138-90)66(115)53(111)37-97/h30,32,48-58,61-86,96-103,107-111,114-122H,6-29,31,33-44H2,1-5H3,(H,91,104)(H,92,105)(H,93,106)(H,94,112)(H,95,113)(H,123,124)(H,125,126)/b32-30+/t48-,49+,50?,51?,52+,53+,54?,55?,56?,57?,58?,61+,62+,63?,64?,65+,66+,67-,68-,69+,70+,71?,72?,73?,74+,75-,76-,77+,78?,79?,80+,81+,82-,83-,84+,85-,86-,89-,90-/m0/s1. The molecule has 0 radical (unpaired) electrons. The number of aliphatic carboxylic acids is 2. The maximum atomic E-state index is 14.2. The average Bonchev–Trinajstić information content (AvgIpc) is 0.744. The maximum absolute atomic E-state index is 14.2. The quantitative estimate of drug-likeness (QED) is 0.0199. The lowest BCUT2D eigenvalue weighted by Crippen LogP contribution is -2.73. The van der Waals surface area contributed by atoms with Crippen molar-refractivity contribution in [2.45, 2.75) is 452 Å². The summed E-state index contributed by atoms with van der Waals surface area (Å²) in [5.41, 5.74) is 0. The monoisotopic (exact) mass is 2030 g/mol. The van der Waals surface area contributed by atoms with Crippen LogP contribution < -0.4 is 26.6 Å². The SMILES string of the molecule is CCCCCCCCCCCCC/C=C/[C@@H](O)[C@H](CO[C@@H]1OC(CO)[C@@H](O[C@@H]2OC(CO)[C@H](O[C@@H]3OC(CO)[C@H](O)[C@H](O[C@@H]4OC(CO)[C@H](O[C@@H]5OC(CO)[C@H](O)[C@H](O)C5NC(C)=O)[C@H](O[C@]5(C(=O)O)CC(O)[C@@H](NC(=O)CO)C([C@H](O)[C@H](O)CO)O5)C4O)C3NC(C)=O)[C@H](O[C@]3(C(=O)O)CC(O)[C@@H](NC(C)=O)C([C@H](O)[C@H](O)CO)O3)C2O)[C@H](O)C1O)NC(=O)CCCCCCCCCCCCCCC. The summed E-state index contributed by atoms with van der Waals surface area (Å²) in [6, 6.07) is -9.38. The minimum atomic E-state index is -3.59. The van der Waals surface area contributed by atoms with Crippen molar-refractivity contribution in [1.82, 2.24) is 26.6 Å². The van der Waals surface area contributed by atoms with Crippen molar-refractivity contribution in [2.75, 3.05) is 59.5 Å². The van der Waals surface area contributed by atoms with E-state index in [1.165, 1.54) is 83.1 Å². The van der Waals surface area contributed by atoms with E-state index >= 15 is 0 Å². The smallest absolute Gasteiger partial charge is 0.364 e. The lowest BCUT2D eigenvalue weighted by molar-refractivity contribution is -0.408. The van der Waals surface area contributed by atoms with Crippen LogP contribution in [-0.4, -0.2) is 462 Å². The molecule has 140 heavy (non-hydrogen) atoms. The van der Waals surface area contributed by atoms with Crippen LogP contribution >= 0.6 is 0 Å². The van der Waals surface area contributed by atoms with Crippen molar-refractivity contribution in [1.29, 1.82) is 0 Å². The molecule has 7 heterocycles. The summed E-state index contributed by atoms with van der Waals surface area (Å²) >= 11 is 0. The first-order valence-electron chi connectivity index (χ1n) is 48.9. The largest absolute Gasteiger partial charge is 0.477 e. The van der Waals surface area contributed by atoms with Gasteiger partial charge in [-0.15, -0.1) is 0 Å². The number of carboxylic acids is 2. The number of amides is 5. The number of aliphatic hydroxyl groups is 22. The van der Waals surface area contributed by atoms with Crippen LogP contribution in [0.5, 0.6) is 0 Å². The van der Waals surface area contributed by atoms with Crippen molar-refractivity contribution >= 4 is 41.5 Å². The van der Waals surface area contributed by atoms with Gasteiger partial charge >= 0.3 is 11.9 Å². The predicted octanol–water partition coefficient (Wildman–Crippen LogP) is -7.71. The number of unbranched alkanes of at least 4 members (excludes halogenated alkanes) is 23. The van der Waals surface area contributed by atoms with Gasteiger partial charge in [-0.3, -0.25) is 24.0 Å². The van der Waals surface area contributed by atoms with E-state index in [9.17, 15) is 156 Å². The van der Waals surface area contributed by atoms with Crippen LogP contribution in [0.4, 0.5) is 0 Å². The first-order valence-corrected chi connectivity index (χ1v) is 48.9. The Morgan fingerprint density at radius 3 is 1.16 bits per heavy atom. The van der Waals surface area contributed by atoms with E-state index in [1.54, 1.807) is 6.08 Å². The van der Waals surface area contributed by atoms with Gasteiger partial charge in [0.2, 0.25) is 29.5 Å². The minimum absolute atomic E-state index is 0.0697. The highest BCUT2D eigenvalue weighted by Gasteiger charge is 2.65. The van der Waals surface area contributed by atoms with Crippen LogP contribution in [0.2, 0.25) is 0 Å². The van der Waals surface area contributed by atoms with Crippen LogP contribution in [0, 0.1) is 0 Å². The van der Waals surface area contributed by atoms with E-state index in [4.69, 9.17) is 66.3 Å². The van der Waals surface area contributed by atoms with Gasteiger partial charge in [0, 0.05) is 40.0 Å². The van der Waals surface area contributed by atoms with E-state index in [0.29, 0.717) is 12.8 Å². The Kier molecular flexibility index (Phi) is 52.7. The van der Waals surface area contributed by atoms with E-state index in [1.807, 2.05) is 0 Å². The fourth-order valence-electron chi connectivity index (χ4n) is 18.4. The number of hydrogen-bond donors (Lipinski definition) is 29. The summed E-state index contributed by atoms with van der Waals surface area (Å²) in [5, 5.41) is 285. The number of rotatable bonds is 62. The third-order valence-corrected chi connectivity index (χ3v) is 26.2. The van der Waals surface area contributed by atoms with Gasteiger partial charge in [0.25, 0.3) is 11.6 Å². The first kappa shape index (κ1) is 122. The summed E-state index contributed by atoms with van der Waals surface area (Å²) in [5.74, 6) is -16.6. The van der Waals surface area contributed by atoms with Crippen molar-refractivity contribution in [3.8, 4) is 0 Å². The molecule has 29 N–H and O–H groups in total. The molecule has 0 bridgehead atoms. The molecular weight excluding hydrogens is 1870 g/mol. The second kappa shape index (κ2) is 60.8. The third kappa shape index (κ3) is 34.1. The predicted molar refractivity (Wildman–Crippen MR) is 476 cm³/mol. The highest BCUT2D eigenvalue weighted by molar-refractivity contribution is 5.79. The van der Waals surface area contributed by atoms with Crippen molar-refractivity contribution in [3.05, 3.63) is 12.2 Å². The molecule has 7 aliphatic heterocycles. The molecule has 0 saturated carbocycles. The van der Waals surface area contributed by atoms with Crippen LogP contribution in [0.3, 0.4) is 0 Å². The fourth-order valence-corrected chi connectivity index (χ4v) is 18.4. The first-order chi connectivity index (χ1) is 66.7. The molecule has 50 heteroatoms. The molecule has 14 unspecified atom stereocenters. The van der Waals surface area contributed by atoms with E-state index in [-0.39, 0.29) is 6.42 Å². The zero-order valence-electron chi connectivity index (χ0n) is 80.0. The Morgan fingerprint density at radius 1 is 0.379 bits per heavy atom. The van der Waals surface area contributed by atoms with Gasteiger partial charge in [-0.1, -0.05) is 167 Å². The molecule has 0 aliphatic carbocycles. The van der Waals surface area contributed by atoms with Crippen molar-refractivity contribution < 1.29 is 222 Å². The van der Waals surface area contributed by atoms with Crippen LogP contribution in [-0.2, 0) is 99.9 Å². The lowest BCUT2D eigenvalue weighted by Gasteiger charge is -2.53. The van der Waals surface area contributed by atoms with Crippen molar-refractivity contribution in [2.24, 2.45) is 0 Å².